The molecular formula is C17H26O. The molecule has 100 valence electrons. The van der Waals surface area contributed by atoms with E-state index in [4.69, 9.17) is 0 Å². The van der Waals surface area contributed by atoms with Crippen molar-refractivity contribution in [3.05, 3.63) is 35.4 Å². The monoisotopic (exact) mass is 246 g/mol. The number of rotatable bonds is 1. The van der Waals surface area contributed by atoms with Crippen LogP contribution in [0.4, 0.5) is 0 Å². The predicted octanol–water partition coefficient (Wildman–Crippen LogP) is 4.42. The molecular weight excluding hydrogens is 220 g/mol. The summed E-state index contributed by atoms with van der Waals surface area (Å²) in [5.41, 5.74) is 2.12. The van der Waals surface area contributed by atoms with E-state index in [1.807, 2.05) is 0 Å². The number of hydrogen-bond acceptors (Lipinski definition) is 1. The van der Waals surface area contributed by atoms with Crippen LogP contribution < -0.4 is 0 Å². The highest BCUT2D eigenvalue weighted by molar-refractivity contribution is 5.28. The molecule has 0 spiro atoms. The zero-order valence-corrected chi connectivity index (χ0v) is 12.2. The first-order valence-electron chi connectivity index (χ1n) is 7.11. The Morgan fingerprint density at radius 3 is 2.28 bits per heavy atom. The van der Waals surface area contributed by atoms with Crippen molar-refractivity contribution in [3.8, 4) is 0 Å². The van der Waals surface area contributed by atoms with Gasteiger partial charge in [0.05, 0.1) is 5.60 Å². The summed E-state index contributed by atoms with van der Waals surface area (Å²) in [5.74, 6) is 0.739. The third kappa shape index (κ3) is 2.77. The van der Waals surface area contributed by atoms with Crippen molar-refractivity contribution in [2.75, 3.05) is 0 Å². The van der Waals surface area contributed by atoms with Gasteiger partial charge in [0, 0.05) is 0 Å². The third-order valence-electron chi connectivity index (χ3n) is 4.59. The standard InChI is InChI=1S/C17H26O/c1-13-6-5-7-15(12-13)17(18)10-8-14(9-11-17)16(2,3)4/h5-7,12,14,18H,8-11H2,1-4H3. The fraction of sp³-hybridized carbons (Fsp3) is 0.647. The first kappa shape index (κ1) is 13.6. The quantitative estimate of drug-likeness (QED) is 0.777. The molecule has 0 heterocycles. The fourth-order valence-electron chi connectivity index (χ4n) is 3.18. The van der Waals surface area contributed by atoms with Crippen LogP contribution in [0.2, 0.25) is 0 Å². The molecule has 0 unspecified atom stereocenters. The average Bonchev–Trinajstić information content (AvgIpc) is 2.28. The second kappa shape index (κ2) is 4.70. The van der Waals surface area contributed by atoms with E-state index in [1.54, 1.807) is 0 Å². The average molecular weight is 246 g/mol. The Morgan fingerprint density at radius 1 is 1.17 bits per heavy atom. The molecule has 1 fully saturated rings. The second-order valence-electron chi connectivity index (χ2n) is 7.04. The van der Waals surface area contributed by atoms with E-state index in [2.05, 4.69) is 52.0 Å². The summed E-state index contributed by atoms with van der Waals surface area (Å²) in [7, 11) is 0. The molecule has 0 aromatic heterocycles. The van der Waals surface area contributed by atoms with Crippen molar-refractivity contribution in [1.82, 2.24) is 0 Å². The Kier molecular flexibility index (Phi) is 3.55. The SMILES string of the molecule is Cc1cccc(C2(O)CCC(C(C)(C)C)CC2)c1. The summed E-state index contributed by atoms with van der Waals surface area (Å²) < 4.78 is 0. The summed E-state index contributed by atoms with van der Waals surface area (Å²) in [4.78, 5) is 0. The number of benzene rings is 1. The van der Waals surface area contributed by atoms with E-state index in [9.17, 15) is 5.11 Å². The maximum absolute atomic E-state index is 10.9. The molecule has 1 aromatic rings. The van der Waals surface area contributed by atoms with E-state index < -0.39 is 5.60 Å². The Hall–Kier alpha value is -0.820. The topological polar surface area (TPSA) is 20.2 Å². The van der Waals surface area contributed by atoms with Gasteiger partial charge in [-0.2, -0.15) is 0 Å². The van der Waals surface area contributed by atoms with E-state index in [1.165, 1.54) is 5.56 Å². The van der Waals surface area contributed by atoms with Gasteiger partial charge in [0.1, 0.15) is 0 Å². The molecule has 1 saturated carbocycles. The van der Waals surface area contributed by atoms with Gasteiger partial charge < -0.3 is 5.11 Å². The van der Waals surface area contributed by atoms with Gasteiger partial charge in [0.15, 0.2) is 0 Å². The van der Waals surface area contributed by atoms with E-state index >= 15 is 0 Å². The lowest BCUT2D eigenvalue weighted by Gasteiger charge is -2.41. The summed E-state index contributed by atoms with van der Waals surface area (Å²) in [6, 6.07) is 8.36. The smallest absolute Gasteiger partial charge is 0.0896 e. The Balaban J connectivity index is 2.12. The van der Waals surface area contributed by atoms with Crippen LogP contribution in [-0.4, -0.2) is 5.11 Å². The lowest BCUT2D eigenvalue weighted by molar-refractivity contribution is -0.0298. The van der Waals surface area contributed by atoms with Crippen molar-refractivity contribution in [1.29, 1.82) is 0 Å². The summed E-state index contributed by atoms with van der Waals surface area (Å²) in [5, 5.41) is 10.9. The van der Waals surface area contributed by atoms with Gasteiger partial charge in [-0.1, -0.05) is 50.6 Å². The van der Waals surface area contributed by atoms with Crippen molar-refractivity contribution in [3.63, 3.8) is 0 Å². The van der Waals surface area contributed by atoms with Gasteiger partial charge in [-0.25, -0.2) is 0 Å². The van der Waals surface area contributed by atoms with Gasteiger partial charge in [-0.15, -0.1) is 0 Å². The van der Waals surface area contributed by atoms with Crippen LogP contribution in [0.5, 0.6) is 0 Å². The molecule has 0 bridgehead atoms. The molecule has 1 heteroatoms. The number of aliphatic hydroxyl groups is 1. The predicted molar refractivity (Wildman–Crippen MR) is 76.5 cm³/mol. The van der Waals surface area contributed by atoms with Crippen LogP contribution in [0, 0.1) is 18.3 Å². The lowest BCUT2D eigenvalue weighted by atomic mass is 9.67. The van der Waals surface area contributed by atoms with Gasteiger partial charge in [-0.3, -0.25) is 0 Å². The second-order valence-corrected chi connectivity index (χ2v) is 7.04. The van der Waals surface area contributed by atoms with Crippen LogP contribution >= 0.6 is 0 Å². The molecule has 1 aromatic carbocycles. The Bertz CT molecular complexity index is 406. The van der Waals surface area contributed by atoms with E-state index in [0.29, 0.717) is 5.41 Å². The number of aryl methyl sites for hydroxylation is 1. The highest BCUT2D eigenvalue weighted by atomic mass is 16.3. The molecule has 1 aliphatic carbocycles. The maximum Gasteiger partial charge on any atom is 0.0896 e. The highest BCUT2D eigenvalue weighted by Gasteiger charge is 2.38. The molecule has 0 aliphatic heterocycles. The molecule has 1 nitrogen and oxygen atoms in total. The van der Waals surface area contributed by atoms with Crippen molar-refractivity contribution in [2.24, 2.45) is 11.3 Å². The molecule has 1 aliphatic rings. The zero-order valence-electron chi connectivity index (χ0n) is 12.2. The minimum atomic E-state index is -0.590. The van der Waals surface area contributed by atoms with E-state index in [-0.39, 0.29) is 0 Å². The number of hydrogen-bond donors (Lipinski definition) is 1. The molecule has 0 saturated heterocycles. The fourth-order valence-corrected chi connectivity index (χ4v) is 3.18. The molecule has 1 N–H and O–H groups in total. The van der Waals surface area contributed by atoms with Gasteiger partial charge in [0.25, 0.3) is 0 Å². The Morgan fingerprint density at radius 2 is 1.78 bits per heavy atom. The highest BCUT2D eigenvalue weighted by Crippen LogP contribution is 2.45. The Labute approximate surface area is 111 Å². The van der Waals surface area contributed by atoms with Gasteiger partial charge in [0.2, 0.25) is 0 Å². The van der Waals surface area contributed by atoms with Gasteiger partial charge in [-0.05, 0) is 49.5 Å². The van der Waals surface area contributed by atoms with E-state index in [0.717, 1.165) is 37.2 Å². The van der Waals surface area contributed by atoms with Crippen LogP contribution in [0.1, 0.15) is 57.6 Å². The van der Waals surface area contributed by atoms with Crippen LogP contribution in [0.3, 0.4) is 0 Å². The van der Waals surface area contributed by atoms with Crippen LogP contribution in [0.15, 0.2) is 24.3 Å². The maximum atomic E-state index is 10.9. The first-order valence-corrected chi connectivity index (χ1v) is 7.11. The van der Waals surface area contributed by atoms with Crippen molar-refractivity contribution >= 4 is 0 Å². The zero-order chi connectivity index (χ0) is 13.4. The van der Waals surface area contributed by atoms with Crippen LogP contribution in [0.25, 0.3) is 0 Å². The van der Waals surface area contributed by atoms with Gasteiger partial charge >= 0.3 is 0 Å². The van der Waals surface area contributed by atoms with Crippen LogP contribution in [-0.2, 0) is 5.60 Å². The largest absolute Gasteiger partial charge is 0.385 e. The molecule has 0 atom stereocenters. The third-order valence-corrected chi connectivity index (χ3v) is 4.59. The van der Waals surface area contributed by atoms with Crippen molar-refractivity contribution in [2.45, 2.75) is 59.0 Å². The molecule has 2 rings (SSSR count). The molecule has 0 amide bonds. The normalized spacial score (nSPS) is 29.3. The lowest BCUT2D eigenvalue weighted by Crippen LogP contribution is -2.35. The molecule has 0 radical (unpaired) electrons. The summed E-state index contributed by atoms with van der Waals surface area (Å²) in [6.07, 6.45) is 4.07. The summed E-state index contributed by atoms with van der Waals surface area (Å²) >= 11 is 0. The minimum Gasteiger partial charge on any atom is -0.385 e. The minimum absolute atomic E-state index is 0.369. The summed E-state index contributed by atoms with van der Waals surface area (Å²) in [6.45, 7) is 9.03. The first-order chi connectivity index (χ1) is 8.31. The molecule has 18 heavy (non-hydrogen) atoms. The van der Waals surface area contributed by atoms with Crippen molar-refractivity contribution < 1.29 is 5.11 Å².